The first-order chi connectivity index (χ1) is 9.99. The summed E-state index contributed by atoms with van der Waals surface area (Å²) in [6.45, 7) is 0. The second-order valence-corrected chi connectivity index (χ2v) is 7.69. The lowest BCUT2D eigenvalue weighted by Gasteiger charge is -2.36. The Morgan fingerprint density at radius 3 is 2.29 bits per heavy atom. The predicted octanol–water partition coefficient (Wildman–Crippen LogP) is 1.46. The summed E-state index contributed by atoms with van der Waals surface area (Å²) in [5.74, 6) is 0. The lowest BCUT2D eigenvalue weighted by atomic mass is 9.99. The molecular formula is C15H19N3O2S. The molecule has 2 aliphatic rings. The quantitative estimate of drug-likeness (QED) is 0.917. The zero-order valence-electron chi connectivity index (χ0n) is 12.0. The fourth-order valence-electron chi connectivity index (χ4n) is 3.50. The highest BCUT2D eigenvalue weighted by atomic mass is 32.2. The van der Waals surface area contributed by atoms with E-state index < -0.39 is 10.0 Å². The molecular weight excluding hydrogens is 286 g/mol. The van der Waals surface area contributed by atoms with Crippen LogP contribution in [0.1, 0.15) is 31.2 Å². The topological polar surface area (TPSA) is 73.2 Å². The molecule has 0 amide bonds. The van der Waals surface area contributed by atoms with Crippen LogP contribution in [-0.4, -0.2) is 38.5 Å². The monoisotopic (exact) mass is 305 g/mol. The van der Waals surface area contributed by atoms with Crippen LogP contribution in [0.5, 0.6) is 0 Å². The van der Waals surface area contributed by atoms with Crippen LogP contribution in [0.4, 0.5) is 0 Å². The lowest BCUT2D eigenvalue weighted by molar-refractivity contribution is 0.157. The first-order valence-corrected chi connectivity index (χ1v) is 8.72. The number of benzene rings is 1. The molecule has 0 aliphatic carbocycles. The van der Waals surface area contributed by atoms with Crippen molar-refractivity contribution >= 4 is 10.0 Å². The van der Waals surface area contributed by atoms with Gasteiger partial charge in [0.1, 0.15) is 0 Å². The minimum Gasteiger partial charge on any atom is -0.300 e. The third-order valence-electron chi connectivity index (χ3n) is 4.71. The van der Waals surface area contributed by atoms with E-state index in [4.69, 9.17) is 5.26 Å². The molecule has 2 heterocycles. The van der Waals surface area contributed by atoms with Crippen molar-refractivity contribution in [2.45, 2.75) is 48.7 Å². The molecule has 6 heteroatoms. The van der Waals surface area contributed by atoms with Crippen LogP contribution in [0.3, 0.4) is 0 Å². The summed E-state index contributed by atoms with van der Waals surface area (Å²) < 4.78 is 27.6. The number of nitriles is 1. The van der Waals surface area contributed by atoms with Crippen LogP contribution in [-0.2, 0) is 10.0 Å². The molecule has 0 aromatic heterocycles. The predicted molar refractivity (Wildman–Crippen MR) is 79.1 cm³/mol. The number of sulfonamides is 1. The van der Waals surface area contributed by atoms with E-state index in [1.54, 1.807) is 0 Å². The molecule has 1 unspecified atom stereocenters. The molecule has 5 nitrogen and oxygen atoms in total. The second-order valence-electron chi connectivity index (χ2n) is 5.98. The van der Waals surface area contributed by atoms with Crippen molar-refractivity contribution in [2.75, 3.05) is 7.05 Å². The van der Waals surface area contributed by atoms with Crippen LogP contribution in [0.2, 0.25) is 0 Å². The largest absolute Gasteiger partial charge is 0.300 e. The highest BCUT2D eigenvalue weighted by Crippen LogP contribution is 2.34. The fraction of sp³-hybridized carbons (Fsp3) is 0.533. The van der Waals surface area contributed by atoms with E-state index in [9.17, 15) is 8.42 Å². The van der Waals surface area contributed by atoms with E-state index in [0.717, 1.165) is 25.7 Å². The van der Waals surface area contributed by atoms with Gasteiger partial charge in [-0.3, -0.25) is 0 Å². The van der Waals surface area contributed by atoms with Crippen LogP contribution < -0.4 is 4.72 Å². The molecule has 21 heavy (non-hydrogen) atoms. The molecule has 0 radical (unpaired) electrons. The van der Waals surface area contributed by atoms with Gasteiger partial charge in [-0.1, -0.05) is 0 Å². The first-order valence-electron chi connectivity index (χ1n) is 7.24. The van der Waals surface area contributed by atoms with Gasteiger partial charge in [0, 0.05) is 18.1 Å². The molecule has 2 saturated heterocycles. The maximum atomic E-state index is 12.4. The van der Waals surface area contributed by atoms with Crippen LogP contribution in [0.25, 0.3) is 0 Å². The van der Waals surface area contributed by atoms with E-state index in [2.05, 4.69) is 16.7 Å². The minimum absolute atomic E-state index is 0.0133. The maximum absolute atomic E-state index is 12.4. The van der Waals surface area contributed by atoms with E-state index in [0.29, 0.717) is 17.6 Å². The summed E-state index contributed by atoms with van der Waals surface area (Å²) >= 11 is 0. The summed E-state index contributed by atoms with van der Waals surface area (Å²) in [5.41, 5.74) is 0.464. The highest BCUT2D eigenvalue weighted by Gasteiger charge is 2.39. The molecule has 3 rings (SSSR count). The Labute approximate surface area is 125 Å². The van der Waals surface area contributed by atoms with Gasteiger partial charge in [-0.2, -0.15) is 5.26 Å². The van der Waals surface area contributed by atoms with Crippen molar-refractivity contribution in [1.29, 1.82) is 5.26 Å². The molecule has 0 saturated carbocycles. The Bertz CT molecular complexity index is 649. The van der Waals surface area contributed by atoms with Gasteiger partial charge in [0.15, 0.2) is 0 Å². The van der Waals surface area contributed by atoms with Crippen molar-refractivity contribution < 1.29 is 8.42 Å². The van der Waals surface area contributed by atoms with Crippen molar-refractivity contribution in [2.24, 2.45) is 0 Å². The third kappa shape index (κ3) is 2.82. The zero-order chi connectivity index (χ0) is 15.0. The number of rotatable bonds is 3. The smallest absolute Gasteiger partial charge is 0.240 e. The standard InChI is InChI=1S/C15H19N3O2S/c1-18-13-4-5-14(18)9-12(8-13)17-21(19,20)15-6-2-11(10-16)3-7-15/h2-3,6-7,12-14,17H,4-5,8-9H2,1H3/t12?,13-,14+. The lowest BCUT2D eigenvalue weighted by Crippen LogP contribution is -2.48. The van der Waals surface area contributed by atoms with E-state index >= 15 is 0 Å². The van der Waals surface area contributed by atoms with Gasteiger partial charge in [0.2, 0.25) is 10.0 Å². The van der Waals surface area contributed by atoms with Crippen molar-refractivity contribution in [1.82, 2.24) is 9.62 Å². The fourth-order valence-corrected chi connectivity index (χ4v) is 4.77. The summed E-state index contributed by atoms with van der Waals surface area (Å²) in [5, 5.41) is 8.76. The van der Waals surface area contributed by atoms with E-state index in [1.807, 2.05) is 6.07 Å². The Morgan fingerprint density at radius 1 is 1.19 bits per heavy atom. The van der Waals surface area contributed by atoms with Gasteiger partial charge in [-0.05, 0) is 57.0 Å². The summed E-state index contributed by atoms with van der Waals surface area (Å²) in [6, 6.07) is 9.05. The Balaban J connectivity index is 1.73. The molecule has 0 spiro atoms. The number of hydrogen-bond acceptors (Lipinski definition) is 4. The van der Waals surface area contributed by atoms with Gasteiger partial charge in [0.25, 0.3) is 0 Å². The Kier molecular flexibility index (Phi) is 3.74. The van der Waals surface area contributed by atoms with Crippen molar-refractivity contribution in [3.05, 3.63) is 29.8 Å². The molecule has 2 bridgehead atoms. The SMILES string of the molecule is CN1[C@@H]2CC[C@H]1CC(NS(=O)(=O)c1ccc(C#N)cc1)C2. The van der Waals surface area contributed by atoms with Crippen LogP contribution in [0, 0.1) is 11.3 Å². The van der Waals surface area contributed by atoms with E-state index in [1.165, 1.54) is 24.3 Å². The number of fused-ring (bicyclic) bond motifs is 2. The average Bonchev–Trinajstić information content (AvgIpc) is 2.69. The number of nitrogens with zero attached hydrogens (tertiary/aromatic N) is 2. The summed E-state index contributed by atoms with van der Waals surface area (Å²) in [7, 11) is -1.37. The van der Waals surface area contributed by atoms with Gasteiger partial charge in [0.05, 0.1) is 16.5 Å². The normalized spacial score (nSPS) is 29.2. The highest BCUT2D eigenvalue weighted by molar-refractivity contribution is 7.89. The second kappa shape index (κ2) is 5.41. The summed E-state index contributed by atoms with van der Waals surface area (Å²) in [4.78, 5) is 2.61. The van der Waals surface area contributed by atoms with E-state index in [-0.39, 0.29) is 10.9 Å². The first kappa shape index (κ1) is 14.5. The van der Waals surface area contributed by atoms with Gasteiger partial charge in [-0.25, -0.2) is 13.1 Å². The molecule has 3 atom stereocenters. The molecule has 1 aromatic rings. The molecule has 112 valence electrons. The molecule has 2 aliphatic heterocycles. The third-order valence-corrected chi connectivity index (χ3v) is 6.25. The molecule has 2 fully saturated rings. The van der Waals surface area contributed by atoms with Crippen molar-refractivity contribution in [3.8, 4) is 6.07 Å². The van der Waals surface area contributed by atoms with Crippen molar-refractivity contribution in [3.63, 3.8) is 0 Å². The zero-order valence-corrected chi connectivity index (χ0v) is 12.8. The van der Waals surface area contributed by atoms with Crippen LogP contribution >= 0.6 is 0 Å². The Hall–Kier alpha value is -1.42. The van der Waals surface area contributed by atoms with Gasteiger partial charge in [-0.15, -0.1) is 0 Å². The molecule has 1 N–H and O–H groups in total. The van der Waals surface area contributed by atoms with Gasteiger partial charge >= 0.3 is 0 Å². The average molecular weight is 305 g/mol. The molecule has 1 aromatic carbocycles. The number of piperidine rings is 1. The summed E-state index contributed by atoms with van der Waals surface area (Å²) in [6.07, 6.45) is 4.08. The maximum Gasteiger partial charge on any atom is 0.240 e. The minimum atomic E-state index is -3.50. The van der Waals surface area contributed by atoms with Gasteiger partial charge < -0.3 is 4.90 Å². The number of hydrogen-bond donors (Lipinski definition) is 1. The van der Waals surface area contributed by atoms with Crippen LogP contribution in [0.15, 0.2) is 29.2 Å². The Morgan fingerprint density at radius 2 is 1.76 bits per heavy atom. The number of nitrogens with one attached hydrogen (secondary N) is 1.